The van der Waals surface area contributed by atoms with Gasteiger partial charge in [0.15, 0.2) is 0 Å². The molecule has 182 valence electrons. The number of hydrogen-bond acceptors (Lipinski definition) is 7. The van der Waals surface area contributed by atoms with Crippen LogP contribution >= 0.6 is 0 Å². The van der Waals surface area contributed by atoms with Crippen LogP contribution in [0.5, 0.6) is 11.5 Å². The van der Waals surface area contributed by atoms with E-state index in [1.807, 2.05) is 0 Å². The normalized spacial score (nSPS) is 10.4. The number of rotatable bonds is 16. The lowest BCUT2D eigenvalue weighted by Gasteiger charge is -2.08. The van der Waals surface area contributed by atoms with E-state index in [4.69, 9.17) is 24.3 Å². The second-order valence-electron chi connectivity index (χ2n) is 7.91. The SMILES string of the molecule is C=CC(=O)OCCCCCCCCCCOc1ccc(C(=O)Oc2ccc(B(O)O)cc2)cc1. The molecule has 7 nitrogen and oxygen atoms in total. The molecule has 0 fully saturated rings. The summed E-state index contributed by atoms with van der Waals surface area (Å²) in [6.45, 7) is 4.46. The number of esters is 2. The maximum Gasteiger partial charge on any atom is 0.488 e. The first kappa shape index (κ1) is 27.2. The van der Waals surface area contributed by atoms with Gasteiger partial charge in [0.2, 0.25) is 0 Å². The van der Waals surface area contributed by atoms with Gasteiger partial charge in [-0.05, 0) is 54.7 Å². The van der Waals surface area contributed by atoms with E-state index in [0.29, 0.717) is 35.7 Å². The molecule has 0 saturated carbocycles. The zero-order valence-corrected chi connectivity index (χ0v) is 19.5. The van der Waals surface area contributed by atoms with Crippen LogP contribution in [-0.4, -0.2) is 42.3 Å². The minimum atomic E-state index is -1.56. The van der Waals surface area contributed by atoms with E-state index in [0.717, 1.165) is 38.5 Å². The minimum Gasteiger partial charge on any atom is -0.494 e. The van der Waals surface area contributed by atoms with Gasteiger partial charge in [-0.25, -0.2) is 9.59 Å². The zero-order chi connectivity index (χ0) is 24.6. The number of hydrogen-bond donors (Lipinski definition) is 2. The Morgan fingerprint density at radius 1 is 0.765 bits per heavy atom. The van der Waals surface area contributed by atoms with Crippen molar-refractivity contribution in [2.45, 2.75) is 51.4 Å². The lowest BCUT2D eigenvalue weighted by molar-refractivity contribution is -0.137. The molecule has 2 aromatic rings. The number of ether oxygens (including phenoxy) is 3. The van der Waals surface area contributed by atoms with Crippen LogP contribution in [0.1, 0.15) is 61.7 Å². The molecular weight excluding hydrogens is 435 g/mol. The molecule has 0 spiro atoms. The monoisotopic (exact) mass is 468 g/mol. The zero-order valence-electron chi connectivity index (χ0n) is 19.5. The molecule has 0 unspecified atom stereocenters. The summed E-state index contributed by atoms with van der Waals surface area (Å²) >= 11 is 0. The fourth-order valence-corrected chi connectivity index (χ4v) is 3.25. The molecule has 0 aliphatic heterocycles. The number of carbonyl (C=O) groups is 2. The summed E-state index contributed by atoms with van der Waals surface area (Å²) in [6.07, 6.45) is 9.91. The molecule has 0 aliphatic rings. The van der Waals surface area contributed by atoms with Gasteiger partial charge in [0.1, 0.15) is 11.5 Å². The molecule has 2 N–H and O–H groups in total. The average molecular weight is 468 g/mol. The lowest BCUT2D eigenvalue weighted by atomic mass is 9.80. The lowest BCUT2D eigenvalue weighted by Crippen LogP contribution is -2.29. The van der Waals surface area contributed by atoms with Gasteiger partial charge in [0.25, 0.3) is 0 Å². The van der Waals surface area contributed by atoms with Gasteiger partial charge >= 0.3 is 19.1 Å². The minimum absolute atomic E-state index is 0.321. The average Bonchev–Trinajstić information content (AvgIpc) is 2.85. The van der Waals surface area contributed by atoms with Gasteiger partial charge in [-0.1, -0.05) is 57.2 Å². The van der Waals surface area contributed by atoms with E-state index < -0.39 is 13.1 Å². The van der Waals surface area contributed by atoms with E-state index >= 15 is 0 Å². The summed E-state index contributed by atoms with van der Waals surface area (Å²) < 4.78 is 16.0. The molecule has 2 aromatic carbocycles. The summed E-state index contributed by atoms with van der Waals surface area (Å²) in [5, 5.41) is 18.2. The van der Waals surface area contributed by atoms with Crippen molar-refractivity contribution in [2.75, 3.05) is 13.2 Å². The van der Waals surface area contributed by atoms with Crippen LogP contribution in [0.3, 0.4) is 0 Å². The topological polar surface area (TPSA) is 102 Å². The first-order chi connectivity index (χ1) is 16.5. The fraction of sp³-hybridized carbons (Fsp3) is 0.385. The Kier molecular flexibility index (Phi) is 12.5. The highest BCUT2D eigenvalue weighted by Gasteiger charge is 2.12. The maximum absolute atomic E-state index is 12.3. The Balaban J connectivity index is 1.53. The highest BCUT2D eigenvalue weighted by Crippen LogP contribution is 2.16. The number of carbonyl (C=O) groups excluding carboxylic acids is 2. The van der Waals surface area contributed by atoms with Crippen LogP contribution in [0, 0.1) is 0 Å². The van der Waals surface area contributed by atoms with Gasteiger partial charge in [-0.2, -0.15) is 0 Å². The van der Waals surface area contributed by atoms with E-state index in [1.54, 1.807) is 24.3 Å². The van der Waals surface area contributed by atoms with Crippen molar-refractivity contribution in [2.24, 2.45) is 0 Å². The van der Waals surface area contributed by atoms with Crippen LogP contribution in [0.4, 0.5) is 0 Å². The van der Waals surface area contributed by atoms with E-state index in [9.17, 15) is 9.59 Å². The summed E-state index contributed by atoms with van der Waals surface area (Å²) in [5.41, 5.74) is 0.722. The van der Waals surface area contributed by atoms with Crippen molar-refractivity contribution < 1.29 is 33.8 Å². The molecule has 0 aliphatic carbocycles. The smallest absolute Gasteiger partial charge is 0.488 e. The standard InChI is InChI=1S/C26H33BO7/c1-2-25(28)33-20-10-8-6-4-3-5-7-9-19-32-23-15-11-21(12-16-23)26(29)34-24-17-13-22(14-18-24)27(30)31/h2,11-18,30-31H,1,3-10,19-20H2. The van der Waals surface area contributed by atoms with Gasteiger partial charge in [0.05, 0.1) is 18.8 Å². The molecule has 8 heteroatoms. The third-order valence-electron chi connectivity index (χ3n) is 5.20. The second kappa shape index (κ2) is 15.7. The third-order valence-corrected chi connectivity index (χ3v) is 5.20. The van der Waals surface area contributed by atoms with Crippen molar-refractivity contribution in [3.05, 3.63) is 66.7 Å². The predicted molar refractivity (Wildman–Crippen MR) is 131 cm³/mol. The van der Waals surface area contributed by atoms with Gasteiger partial charge in [0, 0.05) is 6.08 Å². The van der Waals surface area contributed by atoms with E-state index in [1.165, 1.54) is 43.2 Å². The van der Waals surface area contributed by atoms with Crippen molar-refractivity contribution in [3.8, 4) is 11.5 Å². The Morgan fingerprint density at radius 2 is 1.29 bits per heavy atom. The van der Waals surface area contributed by atoms with Crippen LogP contribution in [0.15, 0.2) is 61.2 Å². The van der Waals surface area contributed by atoms with Crippen LogP contribution in [-0.2, 0) is 9.53 Å². The summed E-state index contributed by atoms with van der Waals surface area (Å²) in [4.78, 5) is 23.2. The quantitative estimate of drug-likeness (QED) is 0.127. The molecule has 0 saturated heterocycles. The third kappa shape index (κ3) is 10.7. The van der Waals surface area contributed by atoms with Gasteiger partial charge in [-0.15, -0.1) is 0 Å². The van der Waals surface area contributed by atoms with Crippen LogP contribution in [0.25, 0.3) is 0 Å². The highest BCUT2D eigenvalue weighted by molar-refractivity contribution is 6.58. The first-order valence-corrected chi connectivity index (χ1v) is 11.7. The van der Waals surface area contributed by atoms with E-state index in [2.05, 4.69) is 6.58 Å². The summed E-state index contributed by atoms with van der Waals surface area (Å²) in [5.74, 6) is 0.172. The van der Waals surface area contributed by atoms with Crippen molar-refractivity contribution in [1.29, 1.82) is 0 Å². The maximum atomic E-state index is 12.3. The molecule has 0 amide bonds. The first-order valence-electron chi connectivity index (χ1n) is 11.7. The molecule has 34 heavy (non-hydrogen) atoms. The predicted octanol–water partition coefficient (Wildman–Crippen LogP) is 3.81. The molecular formula is C26H33BO7. The fourth-order valence-electron chi connectivity index (χ4n) is 3.25. The number of benzene rings is 2. The van der Waals surface area contributed by atoms with Crippen LogP contribution < -0.4 is 14.9 Å². The molecule has 0 bridgehead atoms. The van der Waals surface area contributed by atoms with Crippen LogP contribution in [0.2, 0.25) is 0 Å². The van der Waals surface area contributed by atoms with Crippen molar-refractivity contribution in [3.63, 3.8) is 0 Å². The molecule has 0 heterocycles. The van der Waals surface area contributed by atoms with Gasteiger partial charge in [-0.3, -0.25) is 0 Å². The Bertz CT molecular complexity index is 879. The van der Waals surface area contributed by atoms with Crippen molar-refractivity contribution in [1.82, 2.24) is 0 Å². The summed E-state index contributed by atoms with van der Waals surface area (Å²) in [6, 6.07) is 12.8. The number of unbranched alkanes of at least 4 members (excludes halogenated alkanes) is 7. The molecule has 0 aromatic heterocycles. The largest absolute Gasteiger partial charge is 0.494 e. The highest BCUT2D eigenvalue weighted by atomic mass is 16.5. The molecule has 0 atom stereocenters. The Labute approximate surface area is 201 Å². The molecule has 2 rings (SSSR count). The van der Waals surface area contributed by atoms with Gasteiger partial charge < -0.3 is 24.3 Å². The Morgan fingerprint density at radius 3 is 1.85 bits per heavy atom. The van der Waals surface area contributed by atoms with E-state index in [-0.39, 0.29) is 5.97 Å². The van der Waals surface area contributed by atoms with Crippen molar-refractivity contribution >= 4 is 24.5 Å². The second-order valence-corrected chi connectivity index (χ2v) is 7.91. The Hall–Kier alpha value is -3.10. The molecule has 0 radical (unpaired) electrons. The summed E-state index contributed by atoms with van der Waals surface area (Å²) in [7, 11) is -1.56.